The summed E-state index contributed by atoms with van der Waals surface area (Å²) in [7, 11) is 1.90. The first-order chi connectivity index (χ1) is 46.2. The molecule has 0 aliphatic heterocycles. The van der Waals surface area contributed by atoms with Crippen molar-refractivity contribution in [3.63, 3.8) is 0 Å². The van der Waals surface area contributed by atoms with Gasteiger partial charge in [0.25, 0.3) is 5.91 Å². The van der Waals surface area contributed by atoms with E-state index in [1.54, 1.807) is 79.3 Å². The molecule has 0 radical (unpaired) electrons. The molecule has 0 aliphatic rings. The van der Waals surface area contributed by atoms with Gasteiger partial charge in [0.05, 0.1) is 5.69 Å². The number of amides is 1. The Hall–Kier alpha value is -13.1. The van der Waals surface area contributed by atoms with Crippen LogP contribution in [0.25, 0.3) is 94.5 Å². The van der Waals surface area contributed by atoms with Crippen molar-refractivity contribution in [2.45, 2.75) is 34.1 Å². The Morgan fingerprint density at radius 3 is 1.67 bits per heavy atom. The molecule has 0 fully saturated rings. The van der Waals surface area contributed by atoms with E-state index in [1.807, 2.05) is 50.0 Å². The number of hydrogen-bond donors (Lipinski definition) is 1. The van der Waals surface area contributed by atoms with Gasteiger partial charge < -0.3 is 42.9 Å². The van der Waals surface area contributed by atoms with E-state index in [4.69, 9.17) is 81.0 Å². The third kappa shape index (κ3) is 34.2. The lowest BCUT2D eigenvalue weighted by molar-refractivity contribution is -0.671. The summed E-state index contributed by atoms with van der Waals surface area (Å²) < 4.78 is 43.5. The Labute approximate surface area is 570 Å². The number of furan rings is 1. The van der Waals surface area contributed by atoms with Crippen molar-refractivity contribution >= 4 is 97.6 Å². The minimum Gasteiger partial charge on any atom is -1.00 e. The second kappa shape index (κ2) is 47.7. The first-order valence-corrected chi connectivity index (χ1v) is 26.8. The van der Waals surface area contributed by atoms with E-state index >= 15 is 0 Å². The molecule has 6 heterocycles. The van der Waals surface area contributed by atoms with Crippen molar-refractivity contribution in [3.05, 3.63) is 279 Å². The molecule has 1 N–H and O–H groups in total. The number of benzene rings is 3. The number of rotatable bonds is 15. The van der Waals surface area contributed by atoms with Crippen molar-refractivity contribution in [1.29, 1.82) is 0 Å². The minimum atomic E-state index is -1.07. The van der Waals surface area contributed by atoms with Gasteiger partial charge in [-0.15, -0.1) is 0 Å². The summed E-state index contributed by atoms with van der Waals surface area (Å²) >= 11 is 10.7. The quantitative estimate of drug-likeness (QED) is 0.0190. The highest BCUT2D eigenvalue weighted by Crippen LogP contribution is 2.25. The smallest absolute Gasteiger partial charge is 0.345 e. The van der Waals surface area contributed by atoms with Crippen LogP contribution in [0.3, 0.4) is 0 Å². The fourth-order valence-electron chi connectivity index (χ4n) is 5.87. The maximum Gasteiger partial charge on any atom is 0.345 e. The molecule has 38 nitrogen and oxygen atoms in total. The van der Waals surface area contributed by atoms with Gasteiger partial charge in [-0.2, -0.15) is 15.0 Å². The van der Waals surface area contributed by atoms with Gasteiger partial charge in [-0.3, -0.25) is 24.4 Å². The summed E-state index contributed by atoms with van der Waals surface area (Å²) in [6.07, 6.45) is 10.6. The Morgan fingerprint density at radius 1 is 0.619 bits per heavy atom. The number of carbonyl (C=O) groups is 3. The molecule has 9 rings (SSSR count). The van der Waals surface area contributed by atoms with Crippen LogP contribution in [-0.4, -0.2) is 55.5 Å². The van der Waals surface area contributed by atoms with E-state index in [9.17, 15) is 28.0 Å². The maximum absolute atomic E-state index is 13.3. The predicted molar refractivity (Wildman–Crippen MR) is 344 cm³/mol. The molecule has 0 bridgehead atoms. The summed E-state index contributed by atoms with van der Waals surface area (Å²) in [4.78, 5) is 82.5. The van der Waals surface area contributed by atoms with Gasteiger partial charge in [-0.1, -0.05) is 67.4 Å². The lowest BCUT2D eigenvalue weighted by Crippen LogP contribution is -3.00. The Morgan fingerprint density at radius 2 is 1.16 bits per heavy atom. The number of azide groups is 8. The molecule has 494 valence electrons. The number of pyridine rings is 3. The SMILES string of the molecule is CC(=O)COc1ccc2cc(N=[N+]=[N-])c(=O)oc2c1.CC(=O)c1ccc(N=[N+]=[N-])o1.CCCNC(=O)c1cc(F)c(N=[N+]=[N-])c(F)c1.C[n+]1ccc(N=[N+]=[N-])cc1.Cc1ccc(N=[N+]=[N-])cc1.[I-].[N-]=[N+]=Nc1cccnc1.[N-]=[N+]=Nc1ccncc1.[N-]=[N+]=Nc1nc(Cl)nc(Cl)n1. The van der Waals surface area contributed by atoms with Gasteiger partial charge in [0.15, 0.2) is 35.6 Å². The average Bonchev–Trinajstić information content (AvgIpc) is 1.70. The van der Waals surface area contributed by atoms with Gasteiger partial charge in [0.1, 0.15) is 48.0 Å². The van der Waals surface area contributed by atoms with Crippen molar-refractivity contribution in [3.8, 4) is 5.75 Å². The van der Waals surface area contributed by atoms with E-state index in [0.717, 1.165) is 17.7 Å². The summed E-state index contributed by atoms with van der Waals surface area (Å²) in [5, 5.41) is 28.7. The highest BCUT2D eigenvalue weighted by Gasteiger charge is 2.14. The van der Waals surface area contributed by atoms with E-state index in [2.05, 4.69) is 110 Å². The van der Waals surface area contributed by atoms with E-state index in [-0.39, 0.29) is 81.6 Å². The van der Waals surface area contributed by atoms with Crippen molar-refractivity contribution in [2.24, 2.45) is 48.0 Å². The van der Waals surface area contributed by atoms with E-state index < -0.39 is 28.9 Å². The van der Waals surface area contributed by atoms with Gasteiger partial charge >= 0.3 is 5.63 Å². The molecule has 0 atom stereocenters. The van der Waals surface area contributed by atoms with E-state index in [1.165, 1.54) is 44.3 Å². The zero-order chi connectivity index (χ0) is 71.0. The van der Waals surface area contributed by atoms with Crippen LogP contribution < -0.4 is 44.2 Å². The zero-order valence-electron chi connectivity index (χ0n) is 50.6. The molecule has 43 heteroatoms. The molecule has 0 unspecified atom stereocenters. The zero-order valence-corrected chi connectivity index (χ0v) is 54.3. The van der Waals surface area contributed by atoms with Crippen LogP contribution >= 0.6 is 23.2 Å². The molecule has 97 heavy (non-hydrogen) atoms. The fraction of sp³-hybridized carbons (Fsp3) is 0.148. The van der Waals surface area contributed by atoms with Crippen LogP contribution in [0.1, 0.15) is 53.7 Å². The van der Waals surface area contributed by atoms with Gasteiger partial charge in [-0.05, 0) is 165 Å². The number of ketones is 2. The number of nitrogens with zero attached hydrogens (tertiary/aromatic N) is 30. The van der Waals surface area contributed by atoms with Crippen LogP contribution in [0.2, 0.25) is 10.6 Å². The fourth-order valence-corrected chi connectivity index (χ4v) is 6.22. The topological polar surface area (TPSA) is 574 Å². The van der Waals surface area contributed by atoms with Crippen molar-refractivity contribution < 1.29 is 65.3 Å². The van der Waals surface area contributed by atoms with Crippen LogP contribution in [0, 0.1) is 18.6 Å². The summed E-state index contributed by atoms with van der Waals surface area (Å²) in [6.45, 7) is 6.99. The van der Waals surface area contributed by atoms with Gasteiger partial charge in [0, 0.05) is 124 Å². The summed E-state index contributed by atoms with van der Waals surface area (Å²) in [6, 6.07) is 28.3. The Kier molecular flexibility index (Phi) is 40.3. The van der Waals surface area contributed by atoms with Crippen molar-refractivity contribution in [1.82, 2.24) is 30.2 Å². The molecule has 6 aromatic heterocycles. The molecular weight excluding hydrogens is 1430 g/mol. The largest absolute Gasteiger partial charge is 1.00 e. The summed E-state index contributed by atoms with van der Waals surface area (Å²) in [5.41, 5.74) is 66.5. The molecule has 3 aromatic carbocycles. The van der Waals surface area contributed by atoms with Gasteiger partial charge in [0.2, 0.25) is 16.5 Å². The lowest BCUT2D eigenvalue weighted by Gasteiger charge is -2.05. The molecular formula is C54H46Cl2F2IN31O7. The molecule has 0 saturated carbocycles. The van der Waals surface area contributed by atoms with E-state index in [0.29, 0.717) is 52.4 Å². The number of aryl methyl sites for hydroxylation is 2. The Bertz CT molecular complexity index is 4380. The third-order valence-electron chi connectivity index (χ3n) is 9.97. The number of fused-ring (bicyclic) bond motifs is 1. The second-order valence-electron chi connectivity index (χ2n) is 17.0. The number of aromatic nitrogens is 6. The Balaban J connectivity index is 0.000000562. The molecule has 9 aromatic rings. The predicted octanol–water partition coefficient (Wildman–Crippen LogP) is 15.7. The number of hydrogen-bond acceptors (Lipinski definition) is 20. The minimum absolute atomic E-state index is 0. The third-order valence-corrected chi connectivity index (χ3v) is 10.3. The summed E-state index contributed by atoms with van der Waals surface area (Å²) in [5.74, 6) is -2.42. The average molecular weight is 1480 g/mol. The monoisotopic (exact) mass is 1480 g/mol. The highest BCUT2D eigenvalue weighted by molar-refractivity contribution is 6.31. The lowest BCUT2D eigenvalue weighted by atomic mass is 10.1. The maximum atomic E-state index is 13.3. The number of carbonyl (C=O) groups excluding carboxylic acids is 3. The second-order valence-corrected chi connectivity index (χ2v) is 17.7. The standard InChI is InChI=1S/C12H9N3O4.C10H10F2N4O.C7H7N3.C6H7N4.C6H5N3O2.2C5H4N4.C3Cl2N6.HI/c1-7(16)6-18-9-3-2-8-4-10(14-15-13)12(17)19-11(8)5-9;1-2-3-14-10(17)6-4-7(11)9(15-16-13)8(12)5-6;1-6-2-4-7(5-3-6)9-10-8;1-10-4-2-6(3-5-10)8-9-7;1-4(10)5-2-3-6(11-5)8-9-7;6-9-8-5-1-3-7-4-2-5;6-9-8-5-2-1-3-7-4-5;4-1-7-2(5)9-3(8-1)10-11-6;/h2-5H,6H2,1H3;4-5H,2-3H2,1H3,(H,14,17);2*2-5H,1H3;2-3H,1H3;2*1-4H;;1H/q;;;+1;;;;;/p-1. The molecule has 0 aliphatic carbocycles. The number of ether oxygens (including phenoxy) is 1. The number of halogens is 5. The normalized spacial score (nSPS) is 8.88. The van der Waals surface area contributed by atoms with Crippen LogP contribution in [0.4, 0.5) is 54.7 Å². The molecule has 1 amide bonds. The first kappa shape index (κ1) is 81.9. The first-order valence-electron chi connectivity index (χ1n) is 26.1. The van der Waals surface area contributed by atoms with Crippen molar-refractivity contribution in [2.75, 3.05) is 13.2 Å². The van der Waals surface area contributed by atoms with Crippen LogP contribution in [0.5, 0.6) is 5.75 Å². The number of Topliss-reactive ketones (excluding diaryl/α,β-unsaturated/α-hetero) is 2. The van der Waals surface area contributed by atoms with Crippen LogP contribution in [0.15, 0.2) is 201 Å². The highest BCUT2D eigenvalue weighted by atomic mass is 127. The molecule has 0 spiro atoms. The van der Waals surface area contributed by atoms with Crippen LogP contribution in [-0.2, 0) is 11.8 Å². The number of nitrogens with one attached hydrogen (secondary N) is 1. The molecule has 0 saturated heterocycles. The van der Waals surface area contributed by atoms with Gasteiger partial charge in [-0.25, -0.2) is 18.1 Å².